The molecule has 64 heavy (non-hydrogen) atoms. The Hall–Kier alpha value is -6.43. The molecule has 3 aliphatic rings. The molecule has 5 heteroatoms. The number of fused-ring (bicyclic) bond motifs is 10. The fourth-order valence-corrected chi connectivity index (χ4v) is 12.1. The number of anilines is 5. The molecule has 0 saturated carbocycles. The Balaban J connectivity index is 1.22. The monoisotopic (exact) mass is 846 g/mol. The van der Waals surface area contributed by atoms with Gasteiger partial charge in [0.05, 0.1) is 5.69 Å². The molecule has 0 saturated heterocycles. The van der Waals surface area contributed by atoms with Gasteiger partial charge in [0.2, 0.25) is 0 Å². The van der Waals surface area contributed by atoms with Gasteiger partial charge in [0.15, 0.2) is 5.58 Å². The van der Waals surface area contributed by atoms with Crippen LogP contribution in [0.4, 0.5) is 28.4 Å². The lowest BCUT2D eigenvalue weighted by Gasteiger charge is -2.47. The van der Waals surface area contributed by atoms with Gasteiger partial charge >= 0.3 is 6.85 Å². The summed E-state index contributed by atoms with van der Waals surface area (Å²) in [4.78, 5) is 7.82. The van der Waals surface area contributed by atoms with Gasteiger partial charge in [0, 0.05) is 54.3 Å². The summed E-state index contributed by atoms with van der Waals surface area (Å²) < 4.78 is 7.14. The molecule has 8 aromatic carbocycles. The minimum atomic E-state index is -0.202. The van der Waals surface area contributed by atoms with Gasteiger partial charge in [-0.2, -0.15) is 0 Å². The van der Waals surface area contributed by atoms with Crippen LogP contribution in [0.15, 0.2) is 178 Å². The molecule has 3 aliphatic heterocycles. The highest BCUT2D eigenvalue weighted by molar-refractivity contribution is 7.99. The third-order valence-electron chi connectivity index (χ3n) is 14.2. The number of rotatable bonds is 3. The first-order chi connectivity index (χ1) is 30.8. The van der Waals surface area contributed by atoms with E-state index in [0.29, 0.717) is 0 Å². The van der Waals surface area contributed by atoms with E-state index in [1.165, 1.54) is 76.6 Å². The SMILES string of the molecule is CC(C)(C)c1ccc(N2c3ccc(C(C)(C)C)cc3B3c4c(cc5c(oc6ccccc65)c42)-c2cc4c(cc2N3c2ccc(-c3ccccc3)cc2)Sc2ccccc2C4(C)C)cc1. The van der Waals surface area contributed by atoms with E-state index in [2.05, 4.69) is 229 Å². The Labute approximate surface area is 381 Å². The summed E-state index contributed by atoms with van der Waals surface area (Å²) in [6.45, 7) is 18.5. The molecule has 12 rings (SSSR count). The number of nitrogens with zero attached hydrogens (tertiary/aromatic N) is 2. The fourth-order valence-electron chi connectivity index (χ4n) is 10.7. The predicted octanol–water partition coefficient (Wildman–Crippen LogP) is 15.3. The normalized spacial score (nSPS) is 14.8. The van der Waals surface area contributed by atoms with E-state index >= 15 is 0 Å². The fraction of sp³-hybridized carbons (Fsp3) is 0.186. The van der Waals surface area contributed by atoms with Gasteiger partial charge in [-0.05, 0) is 121 Å². The van der Waals surface area contributed by atoms with Gasteiger partial charge in [-0.25, -0.2) is 0 Å². The van der Waals surface area contributed by atoms with E-state index in [-0.39, 0.29) is 23.1 Å². The van der Waals surface area contributed by atoms with Crippen LogP contribution in [-0.2, 0) is 16.2 Å². The van der Waals surface area contributed by atoms with Gasteiger partial charge < -0.3 is 14.1 Å². The van der Waals surface area contributed by atoms with Crippen molar-refractivity contribution >= 4 is 79.9 Å². The van der Waals surface area contributed by atoms with Crippen LogP contribution in [0.5, 0.6) is 0 Å². The highest BCUT2D eigenvalue weighted by Crippen LogP contribution is 2.56. The molecule has 1 aromatic heterocycles. The highest BCUT2D eigenvalue weighted by atomic mass is 32.2. The Morgan fingerprint density at radius 2 is 1.19 bits per heavy atom. The lowest BCUT2D eigenvalue weighted by atomic mass is 9.43. The molecule has 0 spiro atoms. The van der Waals surface area contributed by atoms with Crippen molar-refractivity contribution in [1.82, 2.24) is 0 Å². The van der Waals surface area contributed by atoms with Crippen molar-refractivity contribution < 1.29 is 4.42 Å². The van der Waals surface area contributed by atoms with Crippen LogP contribution in [-0.4, -0.2) is 6.85 Å². The number of furan rings is 1. The molecule has 0 amide bonds. The molecule has 0 N–H and O–H groups in total. The standard InChI is InChI=1S/C59H51BN2OS/c1-57(2,3)38-24-29-40(30-25-38)61-49-31-26-39(58(4,5)6)32-48(49)60-54-44(33-45-42-18-12-14-20-51(42)63-56(45)55(54)61)43-34-47-53(64-52-21-15-13-19-46(52)59(47,7)8)35-50(43)62(60)41-27-22-37(23-28-41)36-16-10-9-11-17-36/h9-35H,1-8H3. The number of para-hydroxylation sites is 1. The van der Waals surface area contributed by atoms with Crippen molar-refractivity contribution in [3.63, 3.8) is 0 Å². The third-order valence-corrected chi connectivity index (χ3v) is 15.3. The van der Waals surface area contributed by atoms with Crippen LogP contribution in [0.3, 0.4) is 0 Å². The average molecular weight is 847 g/mol. The summed E-state index contributed by atoms with van der Waals surface area (Å²) in [7, 11) is 0. The predicted molar refractivity (Wildman–Crippen MR) is 273 cm³/mol. The maximum atomic E-state index is 7.14. The zero-order chi connectivity index (χ0) is 43.9. The van der Waals surface area contributed by atoms with Crippen molar-refractivity contribution in [2.75, 3.05) is 9.71 Å². The third kappa shape index (κ3) is 5.82. The summed E-state index contributed by atoms with van der Waals surface area (Å²) in [6, 6.07) is 61.6. The second kappa shape index (κ2) is 13.8. The Bertz CT molecular complexity index is 3350. The van der Waals surface area contributed by atoms with E-state index in [9.17, 15) is 0 Å². The van der Waals surface area contributed by atoms with Crippen molar-refractivity contribution in [2.45, 2.75) is 81.4 Å². The molecule has 312 valence electrons. The molecule has 0 radical (unpaired) electrons. The van der Waals surface area contributed by atoms with Crippen LogP contribution >= 0.6 is 11.8 Å². The first kappa shape index (κ1) is 39.2. The minimum Gasteiger partial charge on any atom is -0.454 e. The van der Waals surface area contributed by atoms with Crippen LogP contribution in [0.2, 0.25) is 0 Å². The molecule has 0 fully saturated rings. The second-order valence-corrected chi connectivity index (χ2v) is 21.7. The van der Waals surface area contributed by atoms with Gasteiger partial charge in [0.25, 0.3) is 0 Å². The van der Waals surface area contributed by atoms with Gasteiger partial charge in [0.1, 0.15) is 5.58 Å². The molecule has 0 bridgehead atoms. The first-order valence-corrected chi connectivity index (χ1v) is 23.5. The molecule has 0 aliphatic carbocycles. The Morgan fingerprint density at radius 1 is 0.531 bits per heavy atom. The van der Waals surface area contributed by atoms with Crippen molar-refractivity contribution in [3.8, 4) is 22.3 Å². The zero-order valence-electron chi connectivity index (χ0n) is 37.9. The number of hydrogen-bond acceptors (Lipinski definition) is 4. The van der Waals surface area contributed by atoms with E-state index in [1.807, 2.05) is 11.8 Å². The van der Waals surface area contributed by atoms with Gasteiger partial charge in [-0.3, -0.25) is 0 Å². The maximum Gasteiger partial charge on any atom is 0.333 e. The van der Waals surface area contributed by atoms with Gasteiger partial charge in [-0.15, -0.1) is 0 Å². The van der Waals surface area contributed by atoms with E-state index in [1.54, 1.807) is 0 Å². The maximum absolute atomic E-state index is 7.14. The molecule has 0 atom stereocenters. The minimum absolute atomic E-state index is 0.0228. The summed E-state index contributed by atoms with van der Waals surface area (Å²) in [5, 5.41) is 2.27. The van der Waals surface area contributed by atoms with Crippen LogP contribution in [0, 0.1) is 0 Å². The summed E-state index contributed by atoms with van der Waals surface area (Å²) >= 11 is 1.91. The Kier molecular flexibility index (Phi) is 8.44. The summed E-state index contributed by atoms with van der Waals surface area (Å²) in [5.74, 6) is 0. The largest absolute Gasteiger partial charge is 0.454 e. The van der Waals surface area contributed by atoms with Crippen LogP contribution in [0.25, 0.3) is 44.2 Å². The van der Waals surface area contributed by atoms with Crippen LogP contribution in [0.1, 0.15) is 77.6 Å². The van der Waals surface area contributed by atoms with Crippen molar-refractivity contribution in [2.24, 2.45) is 0 Å². The van der Waals surface area contributed by atoms with Gasteiger partial charge in [-0.1, -0.05) is 170 Å². The first-order valence-electron chi connectivity index (χ1n) is 22.7. The molecule has 3 nitrogen and oxygen atoms in total. The van der Waals surface area contributed by atoms with Crippen molar-refractivity contribution in [1.29, 1.82) is 0 Å². The van der Waals surface area contributed by atoms with E-state index in [4.69, 9.17) is 4.42 Å². The molecular formula is C59H51BN2OS. The molecule has 9 aromatic rings. The number of benzene rings is 8. The lowest BCUT2D eigenvalue weighted by Crippen LogP contribution is -2.61. The molecule has 4 heterocycles. The quantitative estimate of drug-likeness (QED) is 0.165. The molecule has 0 unspecified atom stereocenters. The zero-order valence-corrected chi connectivity index (χ0v) is 38.7. The van der Waals surface area contributed by atoms with Crippen molar-refractivity contribution in [3.05, 3.63) is 186 Å². The van der Waals surface area contributed by atoms with E-state index in [0.717, 1.165) is 39.0 Å². The number of hydrogen-bond donors (Lipinski definition) is 0. The van der Waals surface area contributed by atoms with Crippen LogP contribution < -0.4 is 20.6 Å². The lowest BCUT2D eigenvalue weighted by molar-refractivity contribution is 0.590. The topological polar surface area (TPSA) is 19.6 Å². The smallest absolute Gasteiger partial charge is 0.333 e. The van der Waals surface area contributed by atoms with E-state index < -0.39 is 0 Å². The Morgan fingerprint density at radius 3 is 1.94 bits per heavy atom. The average Bonchev–Trinajstić information content (AvgIpc) is 3.67. The molecular weight excluding hydrogens is 796 g/mol. The summed E-state index contributed by atoms with van der Waals surface area (Å²) in [6.07, 6.45) is 0. The highest BCUT2D eigenvalue weighted by Gasteiger charge is 2.48. The summed E-state index contributed by atoms with van der Waals surface area (Å²) in [5.41, 5.74) is 20.2. The second-order valence-electron chi connectivity index (χ2n) is 20.6.